The smallest absolute Gasteiger partial charge is 0.0897 e. The Balaban J connectivity index is 2.29. The summed E-state index contributed by atoms with van der Waals surface area (Å²) in [5, 5.41) is 6.47. The van der Waals surface area contributed by atoms with Crippen LogP contribution in [0.25, 0.3) is 0 Å². The zero-order chi connectivity index (χ0) is 8.97. The molecule has 1 heterocycles. The summed E-state index contributed by atoms with van der Waals surface area (Å²) in [5.41, 5.74) is 2.28. The van der Waals surface area contributed by atoms with Crippen molar-refractivity contribution in [2.45, 2.75) is 20.4 Å². The van der Waals surface area contributed by atoms with Gasteiger partial charge in [0, 0.05) is 18.5 Å². The fourth-order valence-electron chi connectivity index (χ4n) is 0.893. The molecule has 0 aliphatic rings. The van der Waals surface area contributed by atoms with E-state index in [1.807, 2.05) is 13.8 Å². The lowest BCUT2D eigenvalue weighted by atomic mass is 10.3. The summed E-state index contributed by atoms with van der Waals surface area (Å²) in [5.74, 6) is 0. The first kappa shape index (κ1) is 9.42. The summed E-state index contributed by atoms with van der Waals surface area (Å²) in [4.78, 5) is 4.33. The van der Waals surface area contributed by atoms with E-state index in [1.54, 1.807) is 11.3 Å². The third-order valence-corrected chi connectivity index (χ3v) is 2.22. The molecule has 3 heteroatoms. The number of nitrogens with zero attached hydrogens (tertiary/aromatic N) is 1. The maximum absolute atomic E-state index is 4.33. The maximum atomic E-state index is 4.33. The second-order valence-electron chi connectivity index (χ2n) is 2.92. The van der Waals surface area contributed by atoms with E-state index in [4.69, 9.17) is 0 Å². The number of rotatable bonds is 4. The zero-order valence-electron chi connectivity index (χ0n) is 7.55. The van der Waals surface area contributed by atoms with Gasteiger partial charge < -0.3 is 5.32 Å². The average molecular weight is 182 g/mol. The summed E-state index contributed by atoms with van der Waals surface area (Å²) in [6.07, 6.45) is 0. The van der Waals surface area contributed by atoms with Crippen molar-refractivity contribution in [2.24, 2.45) is 0 Å². The first-order valence-corrected chi connectivity index (χ1v) is 4.82. The Kier molecular flexibility index (Phi) is 3.44. The fourth-order valence-corrected chi connectivity index (χ4v) is 1.51. The van der Waals surface area contributed by atoms with Crippen LogP contribution in [0.2, 0.25) is 0 Å². The van der Waals surface area contributed by atoms with E-state index >= 15 is 0 Å². The number of aromatic nitrogens is 1. The Labute approximate surface area is 77.3 Å². The predicted molar refractivity (Wildman–Crippen MR) is 53.4 cm³/mol. The molecule has 66 valence electrons. The van der Waals surface area contributed by atoms with Crippen LogP contribution in [-0.2, 0) is 6.54 Å². The lowest BCUT2D eigenvalue weighted by molar-refractivity contribution is 0.726. The molecule has 0 bridgehead atoms. The molecule has 0 aliphatic heterocycles. The van der Waals surface area contributed by atoms with Crippen LogP contribution in [0.5, 0.6) is 0 Å². The molecule has 0 aromatic carbocycles. The number of hydrogen-bond acceptors (Lipinski definition) is 3. The van der Waals surface area contributed by atoms with Crippen LogP contribution in [0.4, 0.5) is 0 Å². The first-order valence-electron chi connectivity index (χ1n) is 3.94. The second kappa shape index (κ2) is 4.38. The topological polar surface area (TPSA) is 24.9 Å². The Morgan fingerprint density at radius 2 is 2.50 bits per heavy atom. The largest absolute Gasteiger partial charge is 0.307 e. The van der Waals surface area contributed by atoms with Gasteiger partial charge in [0.15, 0.2) is 0 Å². The van der Waals surface area contributed by atoms with Crippen molar-refractivity contribution in [1.82, 2.24) is 10.3 Å². The molecule has 0 radical (unpaired) electrons. The minimum Gasteiger partial charge on any atom is -0.307 e. The van der Waals surface area contributed by atoms with Crippen LogP contribution in [0, 0.1) is 6.92 Å². The van der Waals surface area contributed by atoms with Gasteiger partial charge in [-0.05, 0) is 13.8 Å². The predicted octanol–water partition coefficient (Wildman–Crippen LogP) is 2.12. The Hall–Kier alpha value is -0.670. The van der Waals surface area contributed by atoms with Gasteiger partial charge >= 0.3 is 0 Å². The molecule has 0 saturated heterocycles. The molecule has 0 spiro atoms. The van der Waals surface area contributed by atoms with Crippen molar-refractivity contribution in [2.75, 3.05) is 6.54 Å². The van der Waals surface area contributed by atoms with Crippen molar-refractivity contribution in [3.05, 3.63) is 28.2 Å². The molecule has 1 N–H and O–H groups in total. The van der Waals surface area contributed by atoms with Crippen LogP contribution < -0.4 is 5.32 Å². The van der Waals surface area contributed by atoms with Crippen molar-refractivity contribution in [1.29, 1.82) is 0 Å². The minimum atomic E-state index is 0.844. The standard InChI is InChI=1S/C9H14N2S/c1-7(2)4-10-5-9-6-12-8(3)11-9/h6,10H,1,4-5H2,2-3H3. The van der Waals surface area contributed by atoms with E-state index in [2.05, 4.69) is 22.3 Å². The molecule has 1 aromatic rings. The van der Waals surface area contributed by atoms with Gasteiger partial charge in [0.05, 0.1) is 10.7 Å². The lowest BCUT2D eigenvalue weighted by Gasteiger charge is -2.00. The summed E-state index contributed by atoms with van der Waals surface area (Å²) >= 11 is 1.69. The highest BCUT2D eigenvalue weighted by Crippen LogP contribution is 2.07. The molecule has 0 atom stereocenters. The molecular formula is C9H14N2S. The van der Waals surface area contributed by atoms with Gasteiger partial charge in [-0.3, -0.25) is 0 Å². The van der Waals surface area contributed by atoms with Gasteiger partial charge in [0.25, 0.3) is 0 Å². The molecule has 0 unspecified atom stereocenters. The number of hydrogen-bond donors (Lipinski definition) is 1. The molecule has 0 amide bonds. The highest BCUT2D eigenvalue weighted by molar-refractivity contribution is 7.09. The number of aryl methyl sites for hydroxylation is 1. The Morgan fingerprint density at radius 1 is 1.75 bits per heavy atom. The highest BCUT2D eigenvalue weighted by atomic mass is 32.1. The van der Waals surface area contributed by atoms with Gasteiger partial charge in [0.2, 0.25) is 0 Å². The molecule has 0 aliphatic carbocycles. The summed E-state index contributed by atoms with van der Waals surface area (Å²) < 4.78 is 0. The Morgan fingerprint density at radius 3 is 3.00 bits per heavy atom. The maximum Gasteiger partial charge on any atom is 0.0897 e. The quantitative estimate of drug-likeness (QED) is 0.721. The van der Waals surface area contributed by atoms with E-state index in [0.29, 0.717) is 0 Å². The zero-order valence-corrected chi connectivity index (χ0v) is 8.37. The van der Waals surface area contributed by atoms with Crippen molar-refractivity contribution in [3.8, 4) is 0 Å². The second-order valence-corrected chi connectivity index (χ2v) is 3.98. The minimum absolute atomic E-state index is 0.844. The van der Waals surface area contributed by atoms with Gasteiger partial charge in [0.1, 0.15) is 0 Å². The molecule has 1 aromatic heterocycles. The lowest BCUT2D eigenvalue weighted by Crippen LogP contribution is -2.15. The monoisotopic (exact) mass is 182 g/mol. The SMILES string of the molecule is C=C(C)CNCc1csc(C)n1. The molecule has 0 saturated carbocycles. The fraction of sp³-hybridized carbons (Fsp3) is 0.444. The molecule has 1 rings (SSSR count). The third-order valence-electron chi connectivity index (χ3n) is 1.40. The summed E-state index contributed by atoms with van der Waals surface area (Å²) in [7, 11) is 0. The third kappa shape index (κ3) is 3.15. The van der Waals surface area contributed by atoms with E-state index in [1.165, 1.54) is 0 Å². The van der Waals surface area contributed by atoms with Crippen LogP contribution >= 0.6 is 11.3 Å². The number of thiazole rings is 1. The van der Waals surface area contributed by atoms with Crippen LogP contribution in [-0.4, -0.2) is 11.5 Å². The summed E-state index contributed by atoms with van der Waals surface area (Å²) in [6.45, 7) is 9.56. The van der Waals surface area contributed by atoms with E-state index < -0.39 is 0 Å². The molecular weight excluding hydrogens is 168 g/mol. The van der Waals surface area contributed by atoms with E-state index in [0.717, 1.165) is 29.4 Å². The van der Waals surface area contributed by atoms with Crippen LogP contribution in [0.1, 0.15) is 17.6 Å². The normalized spacial score (nSPS) is 10.2. The van der Waals surface area contributed by atoms with E-state index in [9.17, 15) is 0 Å². The van der Waals surface area contributed by atoms with Gasteiger partial charge in [-0.15, -0.1) is 11.3 Å². The molecule has 12 heavy (non-hydrogen) atoms. The van der Waals surface area contributed by atoms with Crippen LogP contribution in [0.3, 0.4) is 0 Å². The average Bonchev–Trinajstić information content (AvgIpc) is 2.35. The number of nitrogens with one attached hydrogen (secondary N) is 1. The van der Waals surface area contributed by atoms with E-state index in [-0.39, 0.29) is 0 Å². The summed E-state index contributed by atoms with van der Waals surface area (Å²) in [6, 6.07) is 0. The van der Waals surface area contributed by atoms with Gasteiger partial charge in [-0.2, -0.15) is 0 Å². The van der Waals surface area contributed by atoms with Gasteiger partial charge in [-0.25, -0.2) is 4.98 Å². The molecule has 0 fully saturated rings. The van der Waals surface area contributed by atoms with Gasteiger partial charge in [-0.1, -0.05) is 12.2 Å². The first-order chi connectivity index (χ1) is 5.68. The van der Waals surface area contributed by atoms with Crippen LogP contribution in [0.15, 0.2) is 17.5 Å². The van der Waals surface area contributed by atoms with Crippen molar-refractivity contribution >= 4 is 11.3 Å². The molecule has 2 nitrogen and oxygen atoms in total. The Bertz CT molecular complexity index is 265. The van der Waals surface area contributed by atoms with Crippen molar-refractivity contribution in [3.63, 3.8) is 0 Å². The highest BCUT2D eigenvalue weighted by Gasteiger charge is 1.96. The van der Waals surface area contributed by atoms with Crippen molar-refractivity contribution < 1.29 is 0 Å².